The van der Waals surface area contributed by atoms with E-state index in [2.05, 4.69) is 26.7 Å². The Morgan fingerprint density at radius 1 is 1.10 bits per heavy atom. The summed E-state index contributed by atoms with van der Waals surface area (Å²) in [6.45, 7) is 4.73. The van der Waals surface area contributed by atoms with Gasteiger partial charge in [-0.2, -0.15) is 5.10 Å². The van der Waals surface area contributed by atoms with Gasteiger partial charge in [-0.3, -0.25) is 9.20 Å². The molecule has 4 rings (SSSR count). The third-order valence-electron chi connectivity index (χ3n) is 4.57. The molecule has 0 aliphatic carbocycles. The molecule has 8 nitrogen and oxygen atoms in total. The SMILES string of the molecule is Cc1ccc(OCn2ccc(C(=O)NCCc3nnc4ccccn34)n2)c(C)c1. The summed E-state index contributed by atoms with van der Waals surface area (Å²) in [6, 6.07) is 13.4. The first-order chi connectivity index (χ1) is 14.1. The Morgan fingerprint density at radius 2 is 2.00 bits per heavy atom. The Balaban J connectivity index is 1.30. The first kappa shape index (κ1) is 18.7. The summed E-state index contributed by atoms with van der Waals surface area (Å²) in [5.41, 5.74) is 3.39. The van der Waals surface area contributed by atoms with E-state index < -0.39 is 0 Å². The van der Waals surface area contributed by atoms with Crippen molar-refractivity contribution >= 4 is 11.6 Å². The lowest BCUT2D eigenvalue weighted by Gasteiger charge is -2.09. The molecule has 3 heterocycles. The van der Waals surface area contributed by atoms with Crippen LogP contribution in [0.15, 0.2) is 54.9 Å². The Bertz CT molecular complexity index is 1150. The van der Waals surface area contributed by atoms with Crippen molar-refractivity contribution in [1.29, 1.82) is 0 Å². The normalized spacial score (nSPS) is 11.0. The molecular weight excluding hydrogens is 368 g/mol. The molecule has 1 aromatic carbocycles. The molecule has 0 aliphatic heterocycles. The lowest BCUT2D eigenvalue weighted by atomic mass is 10.1. The number of pyridine rings is 1. The summed E-state index contributed by atoms with van der Waals surface area (Å²) in [6.07, 6.45) is 4.21. The summed E-state index contributed by atoms with van der Waals surface area (Å²) in [4.78, 5) is 12.3. The molecule has 0 saturated heterocycles. The zero-order valence-electron chi connectivity index (χ0n) is 16.4. The van der Waals surface area contributed by atoms with Crippen LogP contribution in [0.5, 0.6) is 5.75 Å². The third kappa shape index (κ3) is 4.26. The fourth-order valence-corrected chi connectivity index (χ4v) is 3.09. The van der Waals surface area contributed by atoms with Crippen LogP contribution in [0.2, 0.25) is 0 Å². The number of aryl methyl sites for hydroxylation is 2. The molecule has 3 aromatic heterocycles. The van der Waals surface area contributed by atoms with E-state index in [1.54, 1.807) is 16.9 Å². The van der Waals surface area contributed by atoms with Gasteiger partial charge in [0.1, 0.15) is 17.3 Å². The predicted molar refractivity (Wildman–Crippen MR) is 108 cm³/mol. The average molecular weight is 390 g/mol. The number of nitrogens with one attached hydrogen (secondary N) is 1. The molecule has 0 aliphatic rings. The number of benzene rings is 1. The van der Waals surface area contributed by atoms with Gasteiger partial charge >= 0.3 is 0 Å². The van der Waals surface area contributed by atoms with Gasteiger partial charge in [-0.1, -0.05) is 23.8 Å². The van der Waals surface area contributed by atoms with Gasteiger partial charge in [0, 0.05) is 25.4 Å². The van der Waals surface area contributed by atoms with Crippen molar-refractivity contribution in [2.24, 2.45) is 0 Å². The van der Waals surface area contributed by atoms with Crippen LogP contribution >= 0.6 is 0 Å². The summed E-state index contributed by atoms with van der Waals surface area (Å²) in [7, 11) is 0. The van der Waals surface area contributed by atoms with Crippen LogP contribution in [0.4, 0.5) is 0 Å². The molecule has 8 heteroatoms. The average Bonchev–Trinajstić information content (AvgIpc) is 3.35. The Kier molecular flexibility index (Phi) is 5.24. The number of rotatable bonds is 7. The summed E-state index contributed by atoms with van der Waals surface area (Å²) in [5, 5.41) is 15.4. The maximum Gasteiger partial charge on any atom is 0.271 e. The summed E-state index contributed by atoms with van der Waals surface area (Å²) >= 11 is 0. The molecule has 1 amide bonds. The Labute approximate surface area is 168 Å². The Morgan fingerprint density at radius 3 is 2.86 bits per heavy atom. The standard InChI is InChI=1S/C21H22N6O2/c1-15-6-7-18(16(2)13-15)29-14-26-12-9-17(25-26)21(28)22-10-8-20-24-23-19-5-3-4-11-27(19)20/h3-7,9,11-13H,8,10,14H2,1-2H3,(H,22,28). The van der Waals surface area contributed by atoms with E-state index in [0.717, 1.165) is 22.8 Å². The lowest BCUT2D eigenvalue weighted by Crippen LogP contribution is -2.26. The van der Waals surface area contributed by atoms with E-state index in [0.29, 0.717) is 18.7 Å². The summed E-state index contributed by atoms with van der Waals surface area (Å²) < 4.78 is 9.30. The van der Waals surface area contributed by atoms with Crippen LogP contribution in [0.1, 0.15) is 27.4 Å². The number of fused-ring (bicyclic) bond motifs is 1. The number of hydrogen-bond acceptors (Lipinski definition) is 5. The molecular formula is C21H22N6O2. The molecule has 0 bridgehead atoms. The van der Waals surface area contributed by atoms with E-state index in [4.69, 9.17) is 4.74 Å². The minimum Gasteiger partial charge on any atom is -0.471 e. The molecule has 4 aromatic rings. The fourth-order valence-electron chi connectivity index (χ4n) is 3.09. The van der Waals surface area contributed by atoms with Crippen LogP contribution in [0.25, 0.3) is 5.65 Å². The second-order valence-electron chi connectivity index (χ2n) is 6.83. The third-order valence-corrected chi connectivity index (χ3v) is 4.57. The van der Waals surface area contributed by atoms with E-state index in [9.17, 15) is 4.79 Å². The van der Waals surface area contributed by atoms with E-state index >= 15 is 0 Å². The van der Waals surface area contributed by atoms with Crippen molar-refractivity contribution in [3.63, 3.8) is 0 Å². The van der Waals surface area contributed by atoms with Gasteiger partial charge in [0.15, 0.2) is 12.4 Å². The summed E-state index contributed by atoms with van der Waals surface area (Å²) in [5.74, 6) is 1.37. The molecule has 0 saturated carbocycles. The van der Waals surface area contributed by atoms with Gasteiger partial charge < -0.3 is 10.1 Å². The highest BCUT2D eigenvalue weighted by Gasteiger charge is 2.11. The van der Waals surface area contributed by atoms with Crippen molar-refractivity contribution in [1.82, 2.24) is 29.7 Å². The van der Waals surface area contributed by atoms with Crippen LogP contribution in [0, 0.1) is 13.8 Å². The quantitative estimate of drug-likeness (QED) is 0.524. The molecule has 0 fully saturated rings. The number of amides is 1. The maximum atomic E-state index is 12.3. The van der Waals surface area contributed by atoms with Gasteiger partial charge in [-0.05, 0) is 43.7 Å². The topological polar surface area (TPSA) is 86.3 Å². The number of ether oxygens (including phenoxy) is 1. The minimum atomic E-state index is -0.232. The number of hydrogen-bond donors (Lipinski definition) is 1. The monoisotopic (exact) mass is 390 g/mol. The van der Waals surface area contributed by atoms with Crippen LogP contribution in [0.3, 0.4) is 0 Å². The second kappa shape index (κ2) is 8.14. The first-order valence-electron chi connectivity index (χ1n) is 9.40. The van der Waals surface area contributed by atoms with E-state index in [-0.39, 0.29) is 12.6 Å². The van der Waals surface area contributed by atoms with Crippen molar-refractivity contribution in [2.45, 2.75) is 27.0 Å². The van der Waals surface area contributed by atoms with Crippen molar-refractivity contribution in [3.8, 4) is 5.75 Å². The minimum absolute atomic E-state index is 0.232. The van der Waals surface area contributed by atoms with Crippen molar-refractivity contribution in [2.75, 3.05) is 6.54 Å². The number of carbonyl (C=O) groups excluding carboxylic acids is 1. The van der Waals surface area contributed by atoms with E-state index in [1.807, 2.05) is 54.8 Å². The van der Waals surface area contributed by atoms with Crippen LogP contribution < -0.4 is 10.1 Å². The zero-order chi connectivity index (χ0) is 20.2. The first-order valence-corrected chi connectivity index (χ1v) is 9.40. The number of carbonyl (C=O) groups is 1. The van der Waals surface area contributed by atoms with Gasteiger partial charge in [-0.15, -0.1) is 10.2 Å². The van der Waals surface area contributed by atoms with Crippen molar-refractivity contribution < 1.29 is 9.53 Å². The largest absolute Gasteiger partial charge is 0.471 e. The van der Waals surface area contributed by atoms with Crippen LogP contribution in [-0.4, -0.2) is 36.8 Å². The molecule has 0 spiro atoms. The lowest BCUT2D eigenvalue weighted by molar-refractivity contribution is 0.0947. The molecule has 0 atom stereocenters. The highest BCUT2D eigenvalue weighted by Crippen LogP contribution is 2.19. The number of aromatic nitrogens is 5. The molecule has 0 radical (unpaired) electrons. The smallest absolute Gasteiger partial charge is 0.271 e. The van der Waals surface area contributed by atoms with Crippen LogP contribution in [-0.2, 0) is 13.2 Å². The van der Waals surface area contributed by atoms with E-state index in [1.165, 1.54) is 5.56 Å². The van der Waals surface area contributed by atoms with Gasteiger partial charge in [-0.25, -0.2) is 4.68 Å². The van der Waals surface area contributed by atoms with Gasteiger partial charge in [0.25, 0.3) is 5.91 Å². The number of nitrogens with zero attached hydrogens (tertiary/aromatic N) is 5. The second-order valence-corrected chi connectivity index (χ2v) is 6.83. The highest BCUT2D eigenvalue weighted by atomic mass is 16.5. The van der Waals surface area contributed by atoms with Gasteiger partial charge in [0.05, 0.1) is 0 Å². The molecule has 29 heavy (non-hydrogen) atoms. The molecule has 1 N–H and O–H groups in total. The Hall–Kier alpha value is -3.68. The van der Waals surface area contributed by atoms with Gasteiger partial charge in [0.2, 0.25) is 0 Å². The maximum absolute atomic E-state index is 12.3. The molecule has 0 unspecified atom stereocenters. The predicted octanol–water partition coefficient (Wildman–Crippen LogP) is 2.55. The molecule has 148 valence electrons. The fraction of sp³-hybridized carbons (Fsp3) is 0.238. The van der Waals surface area contributed by atoms with Crippen molar-refractivity contribution in [3.05, 3.63) is 77.5 Å². The highest BCUT2D eigenvalue weighted by molar-refractivity contribution is 5.92. The zero-order valence-corrected chi connectivity index (χ0v) is 16.4.